The van der Waals surface area contributed by atoms with E-state index in [4.69, 9.17) is 0 Å². The highest BCUT2D eigenvalue weighted by Crippen LogP contribution is 2.28. The number of nitrogens with zero attached hydrogens (tertiary/aromatic N) is 2. The second-order valence-corrected chi connectivity index (χ2v) is 9.06. The van der Waals surface area contributed by atoms with Crippen molar-refractivity contribution < 1.29 is 18.1 Å². The van der Waals surface area contributed by atoms with Gasteiger partial charge >= 0.3 is 0 Å². The molecule has 0 aromatic heterocycles. The minimum absolute atomic E-state index is 0.144. The summed E-state index contributed by atoms with van der Waals surface area (Å²) in [7, 11) is -3.68. The number of amides is 1. The average molecular weight is 417 g/mol. The maximum atomic E-state index is 13.2. The lowest BCUT2D eigenvalue weighted by molar-refractivity contribution is -0.384. The molecule has 2 aromatic carbocycles. The third kappa shape index (κ3) is 4.46. The standard InChI is InChI=1S/C20H23N3O5S/c1-14-8-9-15(2)19(11-14)29(27,28)22-10-4-7-18(22)13-21-20(24)16-5-3-6-17(12-16)23(25)26/h3,5-6,8-9,11-12,18H,4,7,10,13H2,1-2H3,(H,21,24). The Balaban J connectivity index is 1.74. The fourth-order valence-electron chi connectivity index (χ4n) is 3.51. The van der Waals surface area contributed by atoms with Crippen LogP contribution >= 0.6 is 0 Å². The summed E-state index contributed by atoms with van der Waals surface area (Å²) in [6, 6.07) is 10.4. The third-order valence-corrected chi connectivity index (χ3v) is 7.16. The molecule has 0 radical (unpaired) electrons. The van der Waals surface area contributed by atoms with Gasteiger partial charge in [-0.25, -0.2) is 8.42 Å². The number of benzene rings is 2. The molecule has 1 N–H and O–H groups in total. The summed E-state index contributed by atoms with van der Waals surface area (Å²) in [4.78, 5) is 23.0. The number of hydrogen-bond acceptors (Lipinski definition) is 5. The van der Waals surface area contributed by atoms with Gasteiger partial charge in [-0.3, -0.25) is 14.9 Å². The molecule has 1 aliphatic heterocycles. The van der Waals surface area contributed by atoms with E-state index in [1.54, 1.807) is 19.1 Å². The predicted molar refractivity (Wildman–Crippen MR) is 108 cm³/mol. The quantitative estimate of drug-likeness (QED) is 0.574. The molecule has 1 fully saturated rings. The summed E-state index contributed by atoms with van der Waals surface area (Å²) >= 11 is 0. The van der Waals surface area contributed by atoms with Gasteiger partial charge in [-0.15, -0.1) is 0 Å². The predicted octanol–water partition coefficient (Wildman–Crippen LogP) is 2.79. The average Bonchev–Trinajstić information content (AvgIpc) is 3.17. The molecule has 0 spiro atoms. The third-order valence-electron chi connectivity index (χ3n) is 5.07. The van der Waals surface area contributed by atoms with Crippen LogP contribution in [0, 0.1) is 24.0 Å². The Kier molecular flexibility index (Phi) is 5.99. The number of sulfonamides is 1. The molecule has 154 valence electrons. The highest BCUT2D eigenvalue weighted by Gasteiger charge is 2.36. The molecular weight excluding hydrogens is 394 g/mol. The van der Waals surface area contributed by atoms with Crippen LogP contribution in [0.25, 0.3) is 0 Å². The van der Waals surface area contributed by atoms with E-state index in [1.807, 2.05) is 13.0 Å². The SMILES string of the molecule is Cc1ccc(C)c(S(=O)(=O)N2CCCC2CNC(=O)c2cccc([N+](=O)[O-])c2)c1. The molecule has 1 heterocycles. The molecule has 3 rings (SSSR count). The van der Waals surface area contributed by atoms with Crippen LogP contribution in [-0.4, -0.2) is 42.7 Å². The number of nitro benzene ring substituents is 1. The van der Waals surface area contributed by atoms with Crippen molar-refractivity contribution in [2.24, 2.45) is 0 Å². The molecule has 1 atom stereocenters. The first-order chi connectivity index (χ1) is 13.7. The van der Waals surface area contributed by atoms with Gasteiger partial charge in [-0.2, -0.15) is 4.31 Å². The number of hydrogen-bond donors (Lipinski definition) is 1. The summed E-state index contributed by atoms with van der Waals surface area (Å²) in [5.41, 5.74) is 1.55. The maximum Gasteiger partial charge on any atom is 0.270 e. The van der Waals surface area contributed by atoms with Crippen molar-refractivity contribution in [2.45, 2.75) is 37.6 Å². The monoisotopic (exact) mass is 417 g/mol. The van der Waals surface area contributed by atoms with Gasteiger partial charge in [-0.1, -0.05) is 18.2 Å². The van der Waals surface area contributed by atoms with Crippen LogP contribution in [0.15, 0.2) is 47.4 Å². The fraction of sp³-hybridized carbons (Fsp3) is 0.350. The number of carbonyl (C=O) groups is 1. The van der Waals surface area contributed by atoms with Crippen LogP contribution in [0.3, 0.4) is 0 Å². The van der Waals surface area contributed by atoms with Gasteiger partial charge in [0.25, 0.3) is 11.6 Å². The Morgan fingerprint density at radius 2 is 2.00 bits per heavy atom. The number of nitro groups is 1. The van der Waals surface area contributed by atoms with Gasteiger partial charge in [0, 0.05) is 36.8 Å². The van der Waals surface area contributed by atoms with Crippen molar-refractivity contribution in [3.05, 3.63) is 69.3 Å². The van der Waals surface area contributed by atoms with Crippen molar-refractivity contribution in [3.8, 4) is 0 Å². The van der Waals surface area contributed by atoms with E-state index in [0.717, 1.165) is 5.56 Å². The summed E-state index contributed by atoms with van der Waals surface area (Å²) in [6.07, 6.45) is 1.35. The second-order valence-electron chi connectivity index (χ2n) is 7.20. The first-order valence-electron chi connectivity index (χ1n) is 9.32. The van der Waals surface area contributed by atoms with Crippen molar-refractivity contribution >= 4 is 21.6 Å². The number of carbonyl (C=O) groups excluding carboxylic acids is 1. The van der Waals surface area contributed by atoms with Gasteiger partial charge in [-0.05, 0) is 49.9 Å². The van der Waals surface area contributed by atoms with Gasteiger partial charge in [0.1, 0.15) is 0 Å². The lowest BCUT2D eigenvalue weighted by atomic mass is 10.1. The molecule has 2 aromatic rings. The molecule has 1 saturated heterocycles. The first kappa shape index (κ1) is 20.9. The smallest absolute Gasteiger partial charge is 0.270 e. The Morgan fingerprint density at radius 1 is 1.24 bits per heavy atom. The van der Waals surface area contributed by atoms with Crippen molar-refractivity contribution in [1.29, 1.82) is 0 Å². The fourth-order valence-corrected chi connectivity index (χ4v) is 5.52. The minimum atomic E-state index is -3.68. The van der Waals surface area contributed by atoms with Crippen LogP contribution < -0.4 is 5.32 Å². The zero-order valence-corrected chi connectivity index (χ0v) is 17.1. The maximum absolute atomic E-state index is 13.2. The number of rotatable bonds is 6. The van der Waals surface area contributed by atoms with E-state index >= 15 is 0 Å². The first-order valence-corrected chi connectivity index (χ1v) is 10.8. The second kappa shape index (κ2) is 8.30. The molecule has 8 nitrogen and oxygen atoms in total. The minimum Gasteiger partial charge on any atom is -0.350 e. The Bertz CT molecular complexity index is 1050. The van der Waals surface area contributed by atoms with E-state index in [-0.39, 0.29) is 28.7 Å². The van der Waals surface area contributed by atoms with E-state index in [0.29, 0.717) is 24.9 Å². The summed E-state index contributed by atoms with van der Waals surface area (Å²) in [5.74, 6) is -0.468. The number of aryl methyl sites for hydroxylation is 2. The molecule has 29 heavy (non-hydrogen) atoms. The van der Waals surface area contributed by atoms with Crippen molar-refractivity contribution in [2.75, 3.05) is 13.1 Å². The highest BCUT2D eigenvalue weighted by molar-refractivity contribution is 7.89. The van der Waals surface area contributed by atoms with Crippen molar-refractivity contribution in [3.63, 3.8) is 0 Å². The number of non-ortho nitro benzene ring substituents is 1. The van der Waals surface area contributed by atoms with Crippen LogP contribution in [0.4, 0.5) is 5.69 Å². The van der Waals surface area contributed by atoms with Crippen LogP contribution in [0.5, 0.6) is 0 Å². The largest absolute Gasteiger partial charge is 0.350 e. The lowest BCUT2D eigenvalue weighted by Gasteiger charge is -2.25. The van der Waals surface area contributed by atoms with E-state index in [1.165, 1.54) is 28.6 Å². The van der Waals surface area contributed by atoms with Crippen LogP contribution in [0.2, 0.25) is 0 Å². The van der Waals surface area contributed by atoms with Gasteiger partial charge in [0.15, 0.2) is 0 Å². The van der Waals surface area contributed by atoms with Crippen LogP contribution in [0.1, 0.15) is 34.3 Å². The number of nitrogens with one attached hydrogen (secondary N) is 1. The molecule has 1 amide bonds. The van der Waals surface area contributed by atoms with Crippen LogP contribution in [-0.2, 0) is 10.0 Å². The van der Waals surface area contributed by atoms with Gasteiger partial charge in [0.2, 0.25) is 10.0 Å². The summed E-state index contributed by atoms with van der Waals surface area (Å²) in [6.45, 7) is 4.15. The van der Waals surface area contributed by atoms with Crippen molar-refractivity contribution in [1.82, 2.24) is 9.62 Å². The molecule has 0 bridgehead atoms. The van der Waals surface area contributed by atoms with E-state index in [2.05, 4.69) is 5.32 Å². The highest BCUT2D eigenvalue weighted by atomic mass is 32.2. The molecular formula is C20H23N3O5S. The topological polar surface area (TPSA) is 110 Å². The molecule has 1 aliphatic rings. The molecule has 0 saturated carbocycles. The normalized spacial score (nSPS) is 17.2. The Hall–Kier alpha value is -2.78. The Morgan fingerprint density at radius 3 is 2.72 bits per heavy atom. The lowest BCUT2D eigenvalue weighted by Crippen LogP contribution is -2.43. The zero-order valence-electron chi connectivity index (χ0n) is 16.3. The molecule has 1 unspecified atom stereocenters. The van der Waals surface area contributed by atoms with E-state index in [9.17, 15) is 23.3 Å². The molecule has 9 heteroatoms. The van der Waals surface area contributed by atoms with E-state index < -0.39 is 20.9 Å². The summed E-state index contributed by atoms with van der Waals surface area (Å²) < 4.78 is 27.8. The molecule has 0 aliphatic carbocycles. The summed E-state index contributed by atoms with van der Waals surface area (Å²) in [5, 5.41) is 13.6. The Labute approximate surface area is 169 Å². The zero-order chi connectivity index (χ0) is 21.2. The van der Waals surface area contributed by atoms with Gasteiger partial charge in [0.05, 0.1) is 9.82 Å². The van der Waals surface area contributed by atoms with Gasteiger partial charge < -0.3 is 5.32 Å².